The fraction of sp³-hybridized carbons (Fsp3) is 0.417. The predicted octanol–water partition coefficient (Wildman–Crippen LogP) is 2.17. The first-order valence-corrected chi connectivity index (χ1v) is 5.40. The van der Waals surface area contributed by atoms with E-state index in [0.29, 0.717) is 0 Å². The van der Waals surface area contributed by atoms with Crippen LogP contribution in [0.1, 0.15) is 24.1 Å². The summed E-state index contributed by atoms with van der Waals surface area (Å²) in [5, 5.41) is 0. The van der Waals surface area contributed by atoms with E-state index in [2.05, 4.69) is 4.74 Å². The summed E-state index contributed by atoms with van der Waals surface area (Å²) in [4.78, 5) is 11.1. The Labute approximate surface area is 103 Å². The first kappa shape index (κ1) is 14.5. The number of rotatable bonds is 4. The lowest BCUT2D eigenvalue weighted by Crippen LogP contribution is -2.33. The first-order chi connectivity index (χ1) is 8.40. The van der Waals surface area contributed by atoms with Gasteiger partial charge in [-0.1, -0.05) is 6.07 Å². The Balaban J connectivity index is 3.07. The molecular weight excluding hydrogens is 247 g/mol. The van der Waals surface area contributed by atoms with Crippen LogP contribution in [-0.2, 0) is 9.53 Å². The lowest BCUT2D eigenvalue weighted by Gasteiger charge is -2.17. The largest absolute Gasteiger partial charge is 0.464 e. The molecule has 1 rings (SSSR count). The SMILES string of the molecule is CCOC(=O)C(F)[C@@H](N)c1c(F)ccc(C)c1F. The van der Waals surface area contributed by atoms with Gasteiger partial charge in [0.1, 0.15) is 11.6 Å². The Morgan fingerprint density at radius 1 is 1.44 bits per heavy atom. The Hall–Kier alpha value is -1.56. The van der Waals surface area contributed by atoms with Crippen LogP contribution in [0.5, 0.6) is 0 Å². The maximum Gasteiger partial charge on any atom is 0.342 e. The van der Waals surface area contributed by atoms with Gasteiger partial charge in [-0.15, -0.1) is 0 Å². The predicted molar refractivity (Wildman–Crippen MR) is 59.6 cm³/mol. The summed E-state index contributed by atoms with van der Waals surface area (Å²) in [5.41, 5.74) is 4.86. The van der Waals surface area contributed by atoms with E-state index in [1.165, 1.54) is 19.9 Å². The van der Waals surface area contributed by atoms with E-state index < -0.39 is 35.4 Å². The number of esters is 1. The van der Waals surface area contributed by atoms with Crippen molar-refractivity contribution in [3.63, 3.8) is 0 Å². The minimum Gasteiger partial charge on any atom is -0.464 e. The smallest absolute Gasteiger partial charge is 0.342 e. The summed E-state index contributed by atoms with van der Waals surface area (Å²) in [7, 11) is 0. The van der Waals surface area contributed by atoms with Gasteiger partial charge in [-0.2, -0.15) is 0 Å². The van der Waals surface area contributed by atoms with Crippen molar-refractivity contribution in [3.05, 3.63) is 34.9 Å². The van der Waals surface area contributed by atoms with E-state index in [0.717, 1.165) is 6.07 Å². The number of halogens is 3. The molecule has 6 heteroatoms. The highest BCUT2D eigenvalue weighted by molar-refractivity contribution is 5.75. The molecule has 2 N–H and O–H groups in total. The molecule has 100 valence electrons. The third-order valence-corrected chi connectivity index (χ3v) is 2.48. The van der Waals surface area contributed by atoms with Gasteiger partial charge in [-0.3, -0.25) is 0 Å². The zero-order valence-electron chi connectivity index (χ0n) is 10.0. The van der Waals surface area contributed by atoms with Gasteiger partial charge < -0.3 is 10.5 Å². The molecule has 1 aromatic rings. The van der Waals surface area contributed by atoms with Crippen LogP contribution in [0.15, 0.2) is 12.1 Å². The van der Waals surface area contributed by atoms with Crippen LogP contribution in [0.3, 0.4) is 0 Å². The van der Waals surface area contributed by atoms with Gasteiger partial charge in [0.2, 0.25) is 6.17 Å². The van der Waals surface area contributed by atoms with Crippen LogP contribution < -0.4 is 5.73 Å². The number of aryl methyl sites for hydroxylation is 1. The Morgan fingerprint density at radius 2 is 2.06 bits per heavy atom. The summed E-state index contributed by atoms with van der Waals surface area (Å²) >= 11 is 0. The number of carbonyl (C=O) groups excluding carboxylic acids is 1. The zero-order chi connectivity index (χ0) is 13.9. The van der Waals surface area contributed by atoms with Gasteiger partial charge >= 0.3 is 5.97 Å². The number of nitrogens with two attached hydrogens (primary N) is 1. The van der Waals surface area contributed by atoms with Crippen molar-refractivity contribution < 1.29 is 22.7 Å². The number of hydrogen-bond donors (Lipinski definition) is 1. The highest BCUT2D eigenvalue weighted by Crippen LogP contribution is 2.25. The molecule has 1 aromatic carbocycles. The molecule has 0 bridgehead atoms. The summed E-state index contributed by atoms with van der Waals surface area (Å²) in [6.07, 6.45) is -2.31. The van der Waals surface area contributed by atoms with Crippen molar-refractivity contribution in [2.45, 2.75) is 26.1 Å². The fourth-order valence-corrected chi connectivity index (χ4v) is 1.50. The molecule has 0 aromatic heterocycles. The van der Waals surface area contributed by atoms with Crippen LogP contribution in [0, 0.1) is 18.6 Å². The molecule has 0 amide bonds. The normalized spacial score (nSPS) is 14.1. The highest BCUT2D eigenvalue weighted by atomic mass is 19.1. The topological polar surface area (TPSA) is 52.3 Å². The molecule has 3 nitrogen and oxygen atoms in total. The number of ether oxygens (including phenoxy) is 1. The molecule has 0 aliphatic heterocycles. The van der Waals surface area contributed by atoms with Crippen LogP contribution >= 0.6 is 0 Å². The Bertz CT molecular complexity index is 451. The summed E-state index contributed by atoms with van der Waals surface area (Å²) < 4.78 is 45.2. The van der Waals surface area contributed by atoms with Gasteiger partial charge in [0.05, 0.1) is 12.6 Å². The van der Waals surface area contributed by atoms with Gasteiger partial charge in [0.25, 0.3) is 0 Å². The van der Waals surface area contributed by atoms with E-state index >= 15 is 0 Å². The van der Waals surface area contributed by atoms with E-state index in [1.807, 2.05) is 0 Å². The average molecular weight is 261 g/mol. The molecule has 1 unspecified atom stereocenters. The molecular formula is C12H14F3NO2. The molecule has 0 spiro atoms. The zero-order valence-corrected chi connectivity index (χ0v) is 10.0. The maximum absolute atomic E-state index is 13.7. The molecule has 0 aliphatic rings. The second-order valence-corrected chi connectivity index (χ2v) is 3.77. The molecule has 0 saturated heterocycles. The number of hydrogen-bond acceptors (Lipinski definition) is 3. The summed E-state index contributed by atoms with van der Waals surface area (Å²) in [6.45, 7) is 2.84. The maximum atomic E-state index is 13.7. The number of alkyl halides is 1. The van der Waals surface area contributed by atoms with Crippen molar-refractivity contribution in [2.24, 2.45) is 5.73 Å². The van der Waals surface area contributed by atoms with Gasteiger partial charge in [0, 0.05) is 5.56 Å². The minimum atomic E-state index is -2.31. The molecule has 0 aliphatic carbocycles. The van der Waals surface area contributed by atoms with Crippen LogP contribution in [0.2, 0.25) is 0 Å². The minimum absolute atomic E-state index is 0.0369. The van der Waals surface area contributed by atoms with Gasteiger partial charge in [-0.05, 0) is 25.5 Å². The summed E-state index contributed by atoms with van der Waals surface area (Å²) in [5.74, 6) is -3.17. The standard InChI is InChI=1S/C12H14F3NO2/c1-3-18-12(17)10(15)11(16)8-7(13)5-4-6(2)9(8)14/h4-5,10-11H,3,16H2,1-2H3/t10?,11-/m0/s1. The van der Waals surface area contributed by atoms with Gasteiger partial charge in [-0.25, -0.2) is 18.0 Å². The van der Waals surface area contributed by atoms with E-state index in [4.69, 9.17) is 5.73 Å². The van der Waals surface area contributed by atoms with Crippen LogP contribution in [-0.4, -0.2) is 18.7 Å². The van der Waals surface area contributed by atoms with Crippen molar-refractivity contribution in [1.82, 2.24) is 0 Å². The monoisotopic (exact) mass is 261 g/mol. The lowest BCUT2D eigenvalue weighted by atomic mass is 9.99. The third kappa shape index (κ3) is 2.81. The van der Waals surface area contributed by atoms with Crippen molar-refractivity contribution in [1.29, 1.82) is 0 Å². The molecule has 0 fully saturated rings. The van der Waals surface area contributed by atoms with Crippen LogP contribution in [0.4, 0.5) is 13.2 Å². The number of benzene rings is 1. The van der Waals surface area contributed by atoms with Gasteiger partial charge in [0.15, 0.2) is 0 Å². The molecule has 0 radical (unpaired) electrons. The molecule has 0 heterocycles. The second-order valence-electron chi connectivity index (χ2n) is 3.77. The molecule has 18 heavy (non-hydrogen) atoms. The second kappa shape index (κ2) is 5.86. The molecule has 2 atom stereocenters. The van der Waals surface area contributed by atoms with Crippen LogP contribution in [0.25, 0.3) is 0 Å². The first-order valence-electron chi connectivity index (χ1n) is 5.40. The number of carbonyl (C=O) groups is 1. The highest BCUT2D eigenvalue weighted by Gasteiger charge is 2.32. The van der Waals surface area contributed by atoms with Crippen molar-refractivity contribution in [2.75, 3.05) is 6.61 Å². The van der Waals surface area contributed by atoms with E-state index in [9.17, 15) is 18.0 Å². The fourth-order valence-electron chi connectivity index (χ4n) is 1.50. The lowest BCUT2D eigenvalue weighted by molar-refractivity contribution is -0.150. The summed E-state index contributed by atoms with van der Waals surface area (Å²) in [6, 6.07) is 0.452. The molecule has 0 saturated carbocycles. The Kier molecular flexibility index (Phi) is 4.72. The van der Waals surface area contributed by atoms with Crippen molar-refractivity contribution >= 4 is 5.97 Å². The average Bonchev–Trinajstić information content (AvgIpc) is 2.33. The van der Waals surface area contributed by atoms with E-state index in [-0.39, 0.29) is 12.2 Å². The van der Waals surface area contributed by atoms with Crippen molar-refractivity contribution in [3.8, 4) is 0 Å². The third-order valence-electron chi connectivity index (χ3n) is 2.48. The quantitative estimate of drug-likeness (QED) is 0.845. The van der Waals surface area contributed by atoms with E-state index in [1.54, 1.807) is 0 Å². The Morgan fingerprint density at radius 3 is 2.61 bits per heavy atom.